The van der Waals surface area contributed by atoms with E-state index in [0.717, 1.165) is 18.7 Å². The van der Waals surface area contributed by atoms with Crippen molar-refractivity contribution in [2.45, 2.75) is 20.3 Å². The molecule has 0 aliphatic rings. The fraction of sp³-hybridized carbons (Fsp3) is 0.333. The van der Waals surface area contributed by atoms with Crippen molar-refractivity contribution in [3.8, 4) is 5.75 Å². The predicted octanol–water partition coefficient (Wildman–Crippen LogP) is 3.34. The lowest BCUT2D eigenvalue weighted by molar-refractivity contribution is -0.118. The Morgan fingerprint density at radius 3 is 2.78 bits per heavy atom. The van der Waals surface area contributed by atoms with E-state index in [1.165, 1.54) is 5.56 Å². The van der Waals surface area contributed by atoms with Gasteiger partial charge in [0.2, 0.25) is 5.91 Å². The number of benzene rings is 1. The molecule has 5 nitrogen and oxygen atoms in total. The van der Waals surface area contributed by atoms with Crippen LogP contribution in [-0.4, -0.2) is 24.5 Å². The number of anilines is 2. The number of pyridine rings is 1. The Bertz CT molecular complexity index is 642. The molecule has 1 aromatic heterocycles. The van der Waals surface area contributed by atoms with Gasteiger partial charge in [-0.05, 0) is 36.2 Å². The highest BCUT2D eigenvalue weighted by Crippen LogP contribution is 2.28. The fourth-order valence-corrected chi connectivity index (χ4v) is 2.09. The Morgan fingerprint density at radius 2 is 2.13 bits per heavy atom. The molecule has 2 aromatic rings. The van der Waals surface area contributed by atoms with Crippen LogP contribution in [-0.2, 0) is 11.2 Å². The Labute approximate surface area is 137 Å². The van der Waals surface area contributed by atoms with Gasteiger partial charge in [-0.3, -0.25) is 9.78 Å². The third kappa shape index (κ3) is 4.98. The highest BCUT2D eigenvalue weighted by molar-refractivity contribution is 5.94. The van der Waals surface area contributed by atoms with Gasteiger partial charge in [0.1, 0.15) is 5.75 Å². The number of rotatable bonds is 7. The molecule has 0 unspecified atom stereocenters. The maximum absolute atomic E-state index is 11.9. The number of carbonyl (C=O) groups excluding carboxylic acids is 1. The second kappa shape index (κ2) is 8.17. The summed E-state index contributed by atoms with van der Waals surface area (Å²) in [5.41, 5.74) is 2.80. The summed E-state index contributed by atoms with van der Waals surface area (Å²) in [6, 6.07) is 9.66. The van der Waals surface area contributed by atoms with Crippen LogP contribution in [0.1, 0.15) is 19.4 Å². The van der Waals surface area contributed by atoms with Crippen molar-refractivity contribution in [2.24, 2.45) is 5.92 Å². The topological polar surface area (TPSA) is 63.2 Å². The first-order chi connectivity index (χ1) is 11.1. The lowest BCUT2D eigenvalue weighted by Gasteiger charge is -2.14. The smallest absolute Gasteiger partial charge is 0.227 e. The van der Waals surface area contributed by atoms with E-state index in [1.807, 2.05) is 44.3 Å². The van der Waals surface area contributed by atoms with E-state index in [2.05, 4.69) is 21.7 Å². The van der Waals surface area contributed by atoms with Crippen LogP contribution in [0.15, 0.2) is 42.7 Å². The molecule has 1 amide bonds. The number of aromatic nitrogens is 1. The van der Waals surface area contributed by atoms with Gasteiger partial charge in [0, 0.05) is 30.5 Å². The van der Waals surface area contributed by atoms with Crippen molar-refractivity contribution in [1.82, 2.24) is 4.98 Å². The molecule has 0 saturated carbocycles. The molecule has 2 N–H and O–H groups in total. The van der Waals surface area contributed by atoms with Crippen molar-refractivity contribution in [2.75, 3.05) is 24.3 Å². The maximum atomic E-state index is 11.9. The SMILES string of the molecule is COc1ccc(NCCc2cccnc2)cc1NC(=O)C(C)C. The minimum atomic E-state index is -0.0816. The zero-order chi connectivity index (χ0) is 16.7. The quantitative estimate of drug-likeness (QED) is 0.823. The van der Waals surface area contributed by atoms with Gasteiger partial charge in [0.05, 0.1) is 12.8 Å². The van der Waals surface area contributed by atoms with Gasteiger partial charge < -0.3 is 15.4 Å². The van der Waals surface area contributed by atoms with Crippen LogP contribution in [0.4, 0.5) is 11.4 Å². The highest BCUT2D eigenvalue weighted by Gasteiger charge is 2.11. The monoisotopic (exact) mass is 313 g/mol. The van der Waals surface area contributed by atoms with E-state index in [-0.39, 0.29) is 11.8 Å². The Hall–Kier alpha value is -2.56. The van der Waals surface area contributed by atoms with Crippen LogP contribution >= 0.6 is 0 Å². The maximum Gasteiger partial charge on any atom is 0.227 e. The summed E-state index contributed by atoms with van der Waals surface area (Å²) < 4.78 is 5.30. The van der Waals surface area contributed by atoms with Gasteiger partial charge in [-0.2, -0.15) is 0 Å². The number of nitrogens with zero attached hydrogens (tertiary/aromatic N) is 1. The van der Waals surface area contributed by atoms with Gasteiger partial charge in [-0.15, -0.1) is 0 Å². The zero-order valence-corrected chi connectivity index (χ0v) is 13.8. The second-order valence-electron chi connectivity index (χ2n) is 5.60. The lowest BCUT2D eigenvalue weighted by Crippen LogP contribution is -2.18. The zero-order valence-electron chi connectivity index (χ0n) is 13.8. The first-order valence-electron chi connectivity index (χ1n) is 7.72. The minimum absolute atomic E-state index is 0.0317. The molecule has 122 valence electrons. The van der Waals surface area contributed by atoms with Gasteiger partial charge in [0.25, 0.3) is 0 Å². The van der Waals surface area contributed by atoms with Gasteiger partial charge in [-0.25, -0.2) is 0 Å². The normalized spacial score (nSPS) is 10.4. The first-order valence-corrected chi connectivity index (χ1v) is 7.72. The molecule has 0 aliphatic heterocycles. The summed E-state index contributed by atoms with van der Waals surface area (Å²) in [6.07, 6.45) is 4.52. The number of carbonyl (C=O) groups is 1. The lowest BCUT2D eigenvalue weighted by atomic mass is 10.2. The summed E-state index contributed by atoms with van der Waals surface area (Å²) in [6.45, 7) is 4.51. The van der Waals surface area contributed by atoms with Crippen molar-refractivity contribution in [3.05, 3.63) is 48.3 Å². The van der Waals surface area contributed by atoms with Gasteiger partial charge in [-0.1, -0.05) is 19.9 Å². The van der Waals surface area contributed by atoms with Crippen LogP contribution in [0.3, 0.4) is 0 Å². The van der Waals surface area contributed by atoms with E-state index in [1.54, 1.807) is 13.3 Å². The molecular weight excluding hydrogens is 290 g/mol. The van der Waals surface area contributed by atoms with Crippen LogP contribution in [0.25, 0.3) is 0 Å². The molecule has 0 radical (unpaired) electrons. The number of nitrogens with one attached hydrogen (secondary N) is 2. The third-order valence-electron chi connectivity index (χ3n) is 3.45. The molecule has 1 heterocycles. The Kier molecular flexibility index (Phi) is 5.97. The van der Waals surface area contributed by atoms with E-state index in [0.29, 0.717) is 11.4 Å². The van der Waals surface area contributed by atoms with Crippen molar-refractivity contribution in [1.29, 1.82) is 0 Å². The van der Waals surface area contributed by atoms with Crippen LogP contribution in [0.2, 0.25) is 0 Å². The summed E-state index contributed by atoms with van der Waals surface area (Å²) in [5, 5.41) is 6.25. The highest BCUT2D eigenvalue weighted by atomic mass is 16.5. The van der Waals surface area contributed by atoms with Crippen LogP contribution in [0, 0.1) is 5.92 Å². The molecule has 23 heavy (non-hydrogen) atoms. The largest absolute Gasteiger partial charge is 0.495 e. The molecule has 0 bridgehead atoms. The number of ether oxygens (including phenoxy) is 1. The van der Waals surface area contributed by atoms with Crippen molar-refractivity contribution >= 4 is 17.3 Å². The molecular formula is C18H23N3O2. The molecule has 0 saturated heterocycles. The van der Waals surface area contributed by atoms with Crippen molar-refractivity contribution < 1.29 is 9.53 Å². The van der Waals surface area contributed by atoms with E-state index >= 15 is 0 Å². The molecule has 0 spiro atoms. The Morgan fingerprint density at radius 1 is 1.30 bits per heavy atom. The standard InChI is InChI=1S/C18H23N3O2/c1-13(2)18(22)21-16-11-15(6-7-17(16)23-3)20-10-8-14-5-4-9-19-12-14/h4-7,9,11-13,20H,8,10H2,1-3H3,(H,21,22). The average Bonchev–Trinajstić information content (AvgIpc) is 2.56. The first kappa shape index (κ1) is 16.8. The van der Waals surface area contributed by atoms with E-state index in [9.17, 15) is 4.79 Å². The van der Waals surface area contributed by atoms with Crippen molar-refractivity contribution in [3.63, 3.8) is 0 Å². The molecule has 0 aliphatic carbocycles. The minimum Gasteiger partial charge on any atom is -0.495 e. The molecule has 5 heteroatoms. The van der Waals surface area contributed by atoms with Crippen LogP contribution in [0.5, 0.6) is 5.75 Å². The number of amides is 1. The number of methoxy groups -OCH3 is 1. The molecule has 1 aromatic carbocycles. The number of hydrogen-bond donors (Lipinski definition) is 2. The third-order valence-corrected chi connectivity index (χ3v) is 3.45. The Balaban J connectivity index is 2.00. The van der Waals surface area contributed by atoms with Gasteiger partial charge >= 0.3 is 0 Å². The molecule has 2 rings (SSSR count). The summed E-state index contributed by atoms with van der Waals surface area (Å²) in [5.74, 6) is 0.537. The van der Waals surface area contributed by atoms with E-state index in [4.69, 9.17) is 4.74 Å². The van der Waals surface area contributed by atoms with Crippen LogP contribution < -0.4 is 15.4 Å². The fourth-order valence-electron chi connectivity index (χ4n) is 2.09. The average molecular weight is 313 g/mol. The van der Waals surface area contributed by atoms with E-state index < -0.39 is 0 Å². The predicted molar refractivity (Wildman–Crippen MR) is 92.9 cm³/mol. The molecule has 0 atom stereocenters. The summed E-state index contributed by atoms with van der Waals surface area (Å²) in [7, 11) is 1.59. The molecule has 0 fully saturated rings. The number of hydrogen-bond acceptors (Lipinski definition) is 4. The summed E-state index contributed by atoms with van der Waals surface area (Å²) >= 11 is 0. The summed E-state index contributed by atoms with van der Waals surface area (Å²) in [4.78, 5) is 16.0. The van der Waals surface area contributed by atoms with Gasteiger partial charge in [0.15, 0.2) is 0 Å². The second-order valence-corrected chi connectivity index (χ2v) is 5.60.